The summed E-state index contributed by atoms with van der Waals surface area (Å²) >= 11 is 0. The predicted octanol–water partition coefficient (Wildman–Crippen LogP) is 1.87. The van der Waals surface area contributed by atoms with Gasteiger partial charge in [-0.3, -0.25) is 0 Å². The standard InChI is InChI=1S/C10H16N2O2/c1-4-7-9(10(13)14)12-8(11-7)5-6(2)3/h6H,4-5H2,1-3H3,(H,11,12)(H,13,14). The van der Waals surface area contributed by atoms with Crippen molar-refractivity contribution in [1.29, 1.82) is 0 Å². The van der Waals surface area contributed by atoms with Gasteiger partial charge in [0, 0.05) is 12.1 Å². The van der Waals surface area contributed by atoms with E-state index in [-0.39, 0.29) is 5.69 Å². The Morgan fingerprint density at radius 3 is 2.57 bits per heavy atom. The SMILES string of the molecule is CCc1[nH]c(CC(C)C)nc1C(=O)O. The number of aromatic carboxylic acids is 1. The summed E-state index contributed by atoms with van der Waals surface area (Å²) in [4.78, 5) is 17.9. The second-order valence-corrected chi connectivity index (χ2v) is 3.77. The normalized spacial score (nSPS) is 10.9. The van der Waals surface area contributed by atoms with Gasteiger partial charge < -0.3 is 10.1 Å². The van der Waals surface area contributed by atoms with Crippen LogP contribution in [0.3, 0.4) is 0 Å². The van der Waals surface area contributed by atoms with Crippen LogP contribution in [0.5, 0.6) is 0 Å². The number of aryl methyl sites for hydroxylation is 1. The van der Waals surface area contributed by atoms with Gasteiger partial charge >= 0.3 is 5.97 Å². The minimum Gasteiger partial charge on any atom is -0.476 e. The number of aromatic nitrogens is 2. The van der Waals surface area contributed by atoms with Crippen LogP contribution in [0, 0.1) is 5.92 Å². The van der Waals surface area contributed by atoms with E-state index in [0.29, 0.717) is 18.0 Å². The van der Waals surface area contributed by atoms with E-state index in [1.165, 1.54) is 0 Å². The molecule has 0 amide bonds. The van der Waals surface area contributed by atoms with E-state index >= 15 is 0 Å². The average Bonchev–Trinajstić information content (AvgIpc) is 2.46. The lowest BCUT2D eigenvalue weighted by Crippen LogP contribution is -2.01. The van der Waals surface area contributed by atoms with Gasteiger partial charge in [0.25, 0.3) is 0 Å². The fourth-order valence-electron chi connectivity index (χ4n) is 1.38. The molecule has 0 aliphatic carbocycles. The Hall–Kier alpha value is -1.32. The maximum absolute atomic E-state index is 10.8. The summed E-state index contributed by atoms with van der Waals surface area (Å²) in [5.41, 5.74) is 0.885. The molecule has 0 aliphatic rings. The van der Waals surface area contributed by atoms with Gasteiger partial charge in [-0.15, -0.1) is 0 Å². The molecule has 1 aromatic rings. The Labute approximate surface area is 83.4 Å². The van der Waals surface area contributed by atoms with Crippen molar-refractivity contribution >= 4 is 5.97 Å². The summed E-state index contributed by atoms with van der Waals surface area (Å²) in [5.74, 6) is 0.301. The zero-order valence-electron chi connectivity index (χ0n) is 8.79. The Morgan fingerprint density at radius 1 is 1.57 bits per heavy atom. The summed E-state index contributed by atoms with van der Waals surface area (Å²) in [6.45, 7) is 6.07. The van der Waals surface area contributed by atoms with Gasteiger partial charge in [-0.25, -0.2) is 9.78 Å². The molecule has 4 nitrogen and oxygen atoms in total. The third kappa shape index (κ3) is 2.34. The van der Waals surface area contributed by atoms with Crippen LogP contribution in [0.25, 0.3) is 0 Å². The van der Waals surface area contributed by atoms with E-state index in [0.717, 1.165) is 12.2 Å². The van der Waals surface area contributed by atoms with Crippen LogP contribution in [0.2, 0.25) is 0 Å². The highest BCUT2D eigenvalue weighted by Gasteiger charge is 2.15. The number of nitrogens with zero attached hydrogens (tertiary/aromatic N) is 1. The fraction of sp³-hybridized carbons (Fsp3) is 0.600. The number of nitrogens with one attached hydrogen (secondary N) is 1. The molecule has 1 aromatic heterocycles. The highest BCUT2D eigenvalue weighted by atomic mass is 16.4. The fourth-order valence-corrected chi connectivity index (χ4v) is 1.38. The molecule has 2 N–H and O–H groups in total. The molecule has 0 bridgehead atoms. The molecular formula is C10H16N2O2. The monoisotopic (exact) mass is 196 g/mol. The summed E-state index contributed by atoms with van der Waals surface area (Å²) in [7, 11) is 0. The van der Waals surface area contributed by atoms with Gasteiger partial charge in [0.15, 0.2) is 5.69 Å². The van der Waals surface area contributed by atoms with Crippen molar-refractivity contribution in [3.63, 3.8) is 0 Å². The van der Waals surface area contributed by atoms with Crippen LogP contribution in [0.15, 0.2) is 0 Å². The van der Waals surface area contributed by atoms with Crippen molar-refractivity contribution in [2.45, 2.75) is 33.6 Å². The molecule has 0 spiro atoms. The first-order valence-electron chi connectivity index (χ1n) is 4.85. The molecule has 14 heavy (non-hydrogen) atoms. The molecule has 0 atom stereocenters. The first-order chi connectivity index (χ1) is 6.54. The number of imidazole rings is 1. The van der Waals surface area contributed by atoms with Gasteiger partial charge in [-0.2, -0.15) is 0 Å². The Bertz CT molecular complexity index is 329. The Balaban J connectivity index is 2.94. The van der Waals surface area contributed by atoms with Gasteiger partial charge in [0.05, 0.1) is 0 Å². The first kappa shape index (κ1) is 10.8. The smallest absolute Gasteiger partial charge is 0.356 e. The largest absolute Gasteiger partial charge is 0.476 e. The van der Waals surface area contributed by atoms with E-state index in [2.05, 4.69) is 23.8 Å². The van der Waals surface area contributed by atoms with E-state index in [9.17, 15) is 4.79 Å². The average molecular weight is 196 g/mol. The second-order valence-electron chi connectivity index (χ2n) is 3.77. The van der Waals surface area contributed by atoms with E-state index in [1.54, 1.807) is 0 Å². The third-order valence-electron chi connectivity index (χ3n) is 1.99. The highest BCUT2D eigenvalue weighted by molar-refractivity contribution is 5.86. The number of aromatic amines is 1. The molecule has 4 heteroatoms. The number of carboxylic acid groups (broad SMARTS) is 1. The van der Waals surface area contributed by atoms with Gasteiger partial charge in [-0.1, -0.05) is 20.8 Å². The minimum absolute atomic E-state index is 0.170. The summed E-state index contributed by atoms with van der Waals surface area (Å²) in [6, 6.07) is 0. The molecule has 0 unspecified atom stereocenters. The van der Waals surface area contributed by atoms with Gasteiger partial charge in [0.1, 0.15) is 5.82 Å². The van der Waals surface area contributed by atoms with Crippen molar-refractivity contribution in [1.82, 2.24) is 9.97 Å². The van der Waals surface area contributed by atoms with Gasteiger partial charge in [0.2, 0.25) is 0 Å². The molecule has 0 saturated carbocycles. The molecule has 78 valence electrons. The number of rotatable bonds is 4. The molecule has 0 aromatic carbocycles. The third-order valence-corrected chi connectivity index (χ3v) is 1.99. The number of carbonyl (C=O) groups is 1. The van der Waals surface area contributed by atoms with Crippen molar-refractivity contribution < 1.29 is 9.90 Å². The zero-order valence-corrected chi connectivity index (χ0v) is 8.79. The molecule has 0 aliphatic heterocycles. The summed E-state index contributed by atoms with van der Waals surface area (Å²) < 4.78 is 0. The minimum atomic E-state index is -0.951. The van der Waals surface area contributed by atoms with Crippen LogP contribution in [0.1, 0.15) is 42.8 Å². The highest BCUT2D eigenvalue weighted by Crippen LogP contribution is 2.10. The number of H-pyrrole nitrogens is 1. The van der Waals surface area contributed by atoms with Crippen LogP contribution >= 0.6 is 0 Å². The maximum atomic E-state index is 10.8. The van der Waals surface area contributed by atoms with E-state index in [4.69, 9.17) is 5.11 Å². The topological polar surface area (TPSA) is 66.0 Å². The molecule has 0 saturated heterocycles. The zero-order chi connectivity index (χ0) is 10.7. The summed E-state index contributed by atoms with van der Waals surface area (Å²) in [6.07, 6.45) is 1.47. The lowest BCUT2D eigenvalue weighted by Gasteiger charge is -1.98. The van der Waals surface area contributed by atoms with Gasteiger partial charge in [-0.05, 0) is 12.3 Å². The lowest BCUT2D eigenvalue weighted by molar-refractivity contribution is 0.0689. The molecule has 1 rings (SSSR count). The molecular weight excluding hydrogens is 180 g/mol. The van der Waals surface area contributed by atoms with Crippen LogP contribution in [0.4, 0.5) is 0 Å². The molecule has 1 heterocycles. The van der Waals surface area contributed by atoms with Crippen LogP contribution in [-0.4, -0.2) is 21.0 Å². The molecule has 0 fully saturated rings. The quantitative estimate of drug-likeness (QED) is 0.772. The molecule has 0 radical (unpaired) electrons. The van der Waals surface area contributed by atoms with Crippen molar-refractivity contribution in [2.75, 3.05) is 0 Å². The maximum Gasteiger partial charge on any atom is 0.356 e. The first-order valence-corrected chi connectivity index (χ1v) is 4.85. The number of carboxylic acids is 1. The van der Waals surface area contributed by atoms with E-state index in [1.807, 2.05) is 6.92 Å². The lowest BCUT2D eigenvalue weighted by atomic mass is 10.1. The van der Waals surface area contributed by atoms with Crippen molar-refractivity contribution in [2.24, 2.45) is 5.92 Å². The second kappa shape index (κ2) is 4.26. The number of hydrogen-bond acceptors (Lipinski definition) is 2. The predicted molar refractivity (Wildman–Crippen MR) is 53.5 cm³/mol. The summed E-state index contributed by atoms with van der Waals surface area (Å²) in [5, 5.41) is 8.86. The Kier molecular flexibility index (Phi) is 3.28. The van der Waals surface area contributed by atoms with Crippen LogP contribution in [-0.2, 0) is 12.8 Å². The van der Waals surface area contributed by atoms with Crippen LogP contribution < -0.4 is 0 Å². The van der Waals surface area contributed by atoms with Crippen molar-refractivity contribution in [3.05, 3.63) is 17.2 Å². The van der Waals surface area contributed by atoms with Crippen molar-refractivity contribution in [3.8, 4) is 0 Å². The Morgan fingerprint density at radius 2 is 2.21 bits per heavy atom. The van der Waals surface area contributed by atoms with E-state index < -0.39 is 5.97 Å². The number of hydrogen-bond donors (Lipinski definition) is 2.